The zero-order chi connectivity index (χ0) is 15.2. The SMILES string of the molecule is CCC(O)(CC)CN(C)CC(=O)Nc1ccccc1Br. The number of anilines is 1. The summed E-state index contributed by atoms with van der Waals surface area (Å²) in [4.78, 5) is 13.8. The monoisotopic (exact) mass is 342 g/mol. The molecule has 0 aromatic heterocycles. The maximum Gasteiger partial charge on any atom is 0.238 e. The van der Waals surface area contributed by atoms with Gasteiger partial charge in [0.1, 0.15) is 0 Å². The molecule has 1 aromatic rings. The van der Waals surface area contributed by atoms with Gasteiger partial charge in [-0.1, -0.05) is 26.0 Å². The number of likely N-dealkylation sites (N-methyl/N-ethyl adjacent to an activating group) is 1. The molecule has 4 nitrogen and oxygen atoms in total. The van der Waals surface area contributed by atoms with Gasteiger partial charge in [0.25, 0.3) is 0 Å². The maximum absolute atomic E-state index is 12.0. The fraction of sp³-hybridized carbons (Fsp3) is 0.533. The number of carbonyl (C=O) groups is 1. The van der Waals surface area contributed by atoms with Gasteiger partial charge in [0, 0.05) is 11.0 Å². The van der Waals surface area contributed by atoms with Gasteiger partial charge in [-0.2, -0.15) is 0 Å². The molecule has 0 heterocycles. The highest BCUT2D eigenvalue weighted by molar-refractivity contribution is 9.10. The van der Waals surface area contributed by atoms with Crippen LogP contribution in [0.25, 0.3) is 0 Å². The van der Waals surface area contributed by atoms with Crippen LogP contribution in [0.1, 0.15) is 26.7 Å². The summed E-state index contributed by atoms with van der Waals surface area (Å²) in [5.41, 5.74) is 0.0367. The van der Waals surface area contributed by atoms with Crippen LogP contribution in [0.5, 0.6) is 0 Å². The van der Waals surface area contributed by atoms with Gasteiger partial charge in [0.2, 0.25) is 5.91 Å². The van der Waals surface area contributed by atoms with E-state index in [0.29, 0.717) is 19.4 Å². The van der Waals surface area contributed by atoms with Crippen LogP contribution in [-0.2, 0) is 4.79 Å². The standard InChI is InChI=1S/C15H23BrN2O2/c1-4-15(20,5-2)11-18(3)10-14(19)17-13-9-7-6-8-12(13)16/h6-9,20H,4-5,10-11H2,1-3H3,(H,17,19). The number of halogens is 1. The summed E-state index contributed by atoms with van der Waals surface area (Å²) in [5, 5.41) is 13.1. The number of carbonyl (C=O) groups excluding carboxylic acids is 1. The molecule has 1 rings (SSSR count). The third kappa shape index (κ3) is 5.23. The summed E-state index contributed by atoms with van der Waals surface area (Å²) in [6.45, 7) is 4.66. The Labute approximate surface area is 129 Å². The molecule has 0 bridgehead atoms. The summed E-state index contributed by atoms with van der Waals surface area (Å²) >= 11 is 3.39. The Morgan fingerprint density at radius 1 is 1.35 bits per heavy atom. The number of rotatable bonds is 7. The van der Waals surface area contributed by atoms with Crippen LogP contribution >= 0.6 is 15.9 Å². The summed E-state index contributed by atoms with van der Waals surface area (Å²) in [7, 11) is 1.84. The second kappa shape index (κ2) is 7.76. The van der Waals surface area contributed by atoms with Gasteiger partial charge < -0.3 is 10.4 Å². The van der Waals surface area contributed by atoms with Gasteiger partial charge in [-0.15, -0.1) is 0 Å². The molecule has 1 aromatic carbocycles. The van der Waals surface area contributed by atoms with Crippen molar-refractivity contribution in [3.05, 3.63) is 28.7 Å². The van der Waals surface area contributed by atoms with E-state index in [4.69, 9.17) is 0 Å². The molecule has 0 aliphatic heterocycles. The van der Waals surface area contributed by atoms with Crippen molar-refractivity contribution in [3.8, 4) is 0 Å². The van der Waals surface area contributed by atoms with Crippen LogP contribution in [0.15, 0.2) is 28.7 Å². The van der Waals surface area contributed by atoms with Crippen molar-refractivity contribution in [2.45, 2.75) is 32.3 Å². The van der Waals surface area contributed by atoms with E-state index in [-0.39, 0.29) is 12.5 Å². The number of nitrogens with one attached hydrogen (secondary N) is 1. The highest BCUT2D eigenvalue weighted by Gasteiger charge is 2.24. The smallest absolute Gasteiger partial charge is 0.238 e. The fourth-order valence-electron chi connectivity index (χ4n) is 2.03. The van der Waals surface area contributed by atoms with Gasteiger partial charge in [0.15, 0.2) is 0 Å². The van der Waals surface area contributed by atoms with Crippen LogP contribution in [0.4, 0.5) is 5.69 Å². The lowest BCUT2D eigenvalue weighted by Gasteiger charge is -2.30. The Kier molecular flexibility index (Phi) is 6.65. The topological polar surface area (TPSA) is 52.6 Å². The lowest BCUT2D eigenvalue weighted by Crippen LogP contribution is -2.43. The zero-order valence-electron chi connectivity index (χ0n) is 12.3. The summed E-state index contributed by atoms with van der Waals surface area (Å²) in [6, 6.07) is 7.49. The second-order valence-corrected chi connectivity index (χ2v) is 5.99. The van der Waals surface area contributed by atoms with E-state index < -0.39 is 5.60 Å². The van der Waals surface area contributed by atoms with E-state index in [1.54, 1.807) is 0 Å². The van der Waals surface area contributed by atoms with E-state index >= 15 is 0 Å². The van der Waals surface area contributed by atoms with Gasteiger partial charge in [-0.3, -0.25) is 9.69 Å². The van der Waals surface area contributed by atoms with Crippen LogP contribution in [0.2, 0.25) is 0 Å². The molecular formula is C15H23BrN2O2. The maximum atomic E-state index is 12.0. The largest absolute Gasteiger partial charge is 0.389 e. The highest BCUT2D eigenvalue weighted by atomic mass is 79.9. The minimum atomic E-state index is -0.720. The first kappa shape index (κ1) is 17.1. The Balaban J connectivity index is 2.52. The average Bonchev–Trinajstić information content (AvgIpc) is 2.41. The first-order chi connectivity index (χ1) is 9.40. The van der Waals surface area contributed by atoms with Crippen LogP contribution < -0.4 is 5.32 Å². The van der Waals surface area contributed by atoms with Crippen molar-refractivity contribution >= 4 is 27.5 Å². The normalized spacial score (nSPS) is 11.7. The summed E-state index contributed by atoms with van der Waals surface area (Å²) in [6.07, 6.45) is 1.36. The Bertz CT molecular complexity index is 447. The molecule has 20 heavy (non-hydrogen) atoms. The number of para-hydroxylation sites is 1. The molecule has 112 valence electrons. The van der Waals surface area contributed by atoms with Crippen LogP contribution in [-0.4, -0.2) is 41.7 Å². The molecule has 0 aliphatic carbocycles. The number of aliphatic hydroxyl groups is 1. The van der Waals surface area contributed by atoms with Crippen LogP contribution in [0, 0.1) is 0 Å². The first-order valence-corrected chi connectivity index (χ1v) is 7.65. The fourth-order valence-corrected chi connectivity index (χ4v) is 2.41. The molecule has 1 amide bonds. The van der Waals surface area contributed by atoms with E-state index in [9.17, 15) is 9.90 Å². The van der Waals surface area contributed by atoms with Crippen molar-refractivity contribution in [1.29, 1.82) is 0 Å². The van der Waals surface area contributed by atoms with Gasteiger partial charge in [-0.05, 0) is 48.0 Å². The highest BCUT2D eigenvalue weighted by Crippen LogP contribution is 2.21. The molecular weight excluding hydrogens is 320 g/mol. The molecule has 2 N–H and O–H groups in total. The molecule has 0 fully saturated rings. The molecule has 0 atom stereocenters. The summed E-state index contributed by atoms with van der Waals surface area (Å²) in [5.74, 6) is -0.0889. The predicted octanol–water partition coefficient (Wildman–Crippen LogP) is 2.87. The van der Waals surface area contributed by atoms with E-state index in [1.165, 1.54) is 0 Å². The van der Waals surface area contributed by atoms with Crippen molar-refractivity contribution < 1.29 is 9.90 Å². The molecule has 5 heteroatoms. The van der Waals surface area contributed by atoms with E-state index in [0.717, 1.165) is 10.2 Å². The molecule has 0 unspecified atom stereocenters. The predicted molar refractivity (Wildman–Crippen MR) is 85.8 cm³/mol. The molecule has 0 spiro atoms. The molecule has 0 radical (unpaired) electrons. The summed E-state index contributed by atoms with van der Waals surface area (Å²) < 4.78 is 0.856. The number of amides is 1. The van der Waals surface area contributed by atoms with Crippen molar-refractivity contribution in [1.82, 2.24) is 4.90 Å². The quantitative estimate of drug-likeness (QED) is 0.800. The third-order valence-electron chi connectivity index (χ3n) is 3.44. The first-order valence-electron chi connectivity index (χ1n) is 6.85. The number of hydrogen-bond acceptors (Lipinski definition) is 3. The zero-order valence-corrected chi connectivity index (χ0v) is 13.9. The number of benzene rings is 1. The number of hydrogen-bond donors (Lipinski definition) is 2. The third-order valence-corrected chi connectivity index (χ3v) is 4.13. The van der Waals surface area contributed by atoms with Gasteiger partial charge in [0.05, 0.1) is 17.8 Å². The Hall–Kier alpha value is -0.910. The lowest BCUT2D eigenvalue weighted by atomic mass is 9.97. The Morgan fingerprint density at radius 3 is 2.50 bits per heavy atom. The second-order valence-electron chi connectivity index (χ2n) is 5.13. The molecule has 0 saturated heterocycles. The van der Waals surface area contributed by atoms with Crippen molar-refractivity contribution in [3.63, 3.8) is 0 Å². The van der Waals surface area contributed by atoms with Crippen molar-refractivity contribution in [2.24, 2.45) is 0 Å². The number of nitrogens with zero attached hydrogens (tertiary/aromatic N) is 1. The van der Waals surface area contributed by atoms with E-state index in [1.807, 2.05) is 50.1 Å². The Morgan fingerprint density at radius 2 is 1.95 bits per heavy atom. The average molecular weight is 343 g/mol. The lowest BCUT2D eigenvalue weighted by molar-refractivity contribution is -0.117. The minimum absolute atomic E-state index is 0.0889. The van der Waals surface area contributed by atoms with Crippen LogP contribution in [0.3, 0.4) is 0 Å². The van der Waals surface area contributed by atoms with Gasteiger partial charge in [-0.25, -0.2) is 0 Å². The minimum Gasteiger partial charge on any atom is -0.389 e. The van der Waals surface area contributed by atoms with Crippen molar-refractivity contribution in [2.75, 3.05) is 25.5 Å². The molecule has 0 saturated carbocycles. The van der Waals surface area contributed by atoms with E-state index in [2.05, 4.69) is 21.2 Å². The molecule has 0 aliphatic rings. The van der Waals surface area contributed by atoms with Gasteiger partial charge >= 0.3 is 0 Å².